The molecule has 2 heterocycles. The lowest BCUT2D eigenvalue weighted by Gasteiger charge is -2.10. The van der Waals surface area contributed by atoms with Crippen molar-refractivity contribution in [2.45, 2.75) is 24.3 Å². The number of carbonyl (C=O) groups excluding carboxylic acids is 1. The number of Topliss-reactive ketones (excluding diaryl/α,β-unsaturated/α-hetero) is 1. The van der Waals surface area contributed by atoms with Crippen molar-refractivity contribution in [2.24, 2.45) is 7.05 Å². The number of nitrogens with one attached hydrogen (secondary N) is 1. The van der Waals surface area contributed by atoms with Crippen LogP contribution in [-0.4, -0.2) is 30.8 Å². The fraction of sp³-hybridized carbons (Fsp3) is 0.190. The Bertz CT molecular complexity index is 1110. The van der Waals surface area contributed by atoms with Crippen LogP contribution in [0.25, 0.3) is 22.3 Å². The van der Waals surface area contributed by atoms with Crippen LogP contribution in [0.5, 0.6) is 0 Å². The maximum atomic E-state index is 13.1. The van der Waals surface area contributed by atoms with Crippen LogP contribution in [-0.2, 0) is 7.05 Å². The van der Waals surface area contributed by atoms with E-state index in [1.54, 1.807) is 0 Å². The first-order valence-electron chi connectivity index (χ1n) is 8.79. The summed E-state index contributed by atoms with van der Waals surface area (Å²) >= 11 is 1.44. The molecular weight excluding hydrogens is 356 g/mol. The van der Waals surface area contributed by atoms with Gasteiger partial charge >= 0.3 is 0 Å². The number of para-hydroxylation sites is 1. The van der Waals surface area contributed by atoms with E-state index >= 15 is 0 Å². The molecule has 0 bridgehead atoms. The first-order chi connectivity index (χ1) is 13.1. The van der Waals surface area contributed by atoms with Gasteiger partial charge in [0, 0.05) is 34.8 Å². The van der Waals surface area contributed by atoms with Crippen LogP contribution >= 0.6 is 11.8 Å². The highest BCUT2D eigenvalue weighted by Crippen LogP contribution is 2.30. The Morgan fingerprint density at radius 3 is 2.56 bits per heavy atom. The molecule has 0 aliphatic carbocycles. The smallest absolute Gasteiger partial charge is 0.191 e. The topological polar surface area (TPSA) is 63.6 Å². The molecule has 4 aromatic rings. The quantitative estimate of drug-likeness (QED) is 0.407. The summed E-state index contributed by atoms with van der Waals surface area (Å²) in [6.45, 7) is 3.87. The third kappa shape index (κ3) is 3.17. The van der Waals surface area contributed by atoms with Crippen molar-refractivity contribution < 1.29 is 4.79 Å². The zero-order chi connectivity index (χ0) is 19.0. The Kier molecular flexibility index (Phi) is 4.58. The average molecular weight is 376 g/mol. The second-order valence-electron chi connectivity index (χ2n) is 6.53. The average Bonchev–Trinajstić information content (AvgIpc) is 3.21. The molecule has 1 N–H and O–H groups in total. The van der Waals surface area contributed by atoms with Gasteiger partial charge < -0.3 is 9.55 Å². The van der Waals surface area contributed by atoms with Gasteiger partial charge in [0.15, 0.2) is 16.8 Å². The van der Waals surface area contributed by atoms with Gasteiger partial charge in [0.05, 0.1) is 5.25 Å². The van der Waals surface area contributed by atoms with Gasteiger partial charge in [-0.2, -0.15) is 0 Å². The first kappa shape index (κ1) is 17.5. The number of fused-ring (bicyclic) bond motifs is 1. The fourth-order valence-corrected chi connectivity index (χ4v) is 4.14. The molecule has 1 atom stereocenters. The van der Waals surface area contributed by atoms with Crippen LogP contribution in [0.1, 0.15) is 23.0 Å². The van der Waals surface area contributed by atoms with Crippen LogP contribution < -0.4 is 0 Å². The predicted molar refractivity (Wildman–Crippen MR) is 109 cm³/mol. The summed E-state index contributed by atoms with van der Waals surface area (Å²) in [5.41, 5.74) is 3.65. The van der Waals surface area contributed by atoms with Crippen LogP contribution in [0.2, 0.25) is 0 Å². The number of thioether (sulfide) groups is 1. The van der Waals surface area contributed by atoms with Gasteiger partial charge in [-0.25, -0.2) is 0 Å². The van der Waals surface area contributed by atoms with Gasteiger partial charge in [0.2, 0.25) is 0 Å². The van der Waals surface area contributed by atoms with Crippen molar-refractivity contribution in [1.82, 2.24) is 19.7 Å². The van der Waals surface area contributed by atoms with Gasteiger partial charge in [-0.05, 0) is 19.9 Å². The Hall–Kier alpha value is -2.86. The molecule has 0 saturated carbocycles. The SMILES string of the molecule is Cc1[nH]c2ccccc2c1C(=O)[C@H](C)Sc1nnc(-c2ccccc2)n1C. The molecule has 27 heavy (non-hydrogen) atoms. The Labute approximate surface area is 161 Å². The second kappa shape index (κ2) is 7.04. The molecule has 0 aliphatic heterocycles. The Morgan fingerprint density at radius 1 is 1.07 bits per heavy atom. The normalized spacial score (nSPS) is 12.4. The van der Waals surface area contributed by atoms with E-state index in [0.717, 1.165) is 38.7 Å². The first-order valence-corrected chi connectivity index (χ1v) is 9.67. The predicted octanol–water partition coefficient (Wildman–Crippen LogP) is 4.64. The van der Waals surface area contributed by atoms with Crippen LogP contribution in [0.4, 0.5) is 0 Å². The molecule has 0 fully saturated rings. The lowest BCUT2D eigenvalue weighted by molar-refractivity contribution is 0.0995. The van der Waals surface area contributed by atoms with Gasteiger partial charge in [0.25, 0.3) is 0 Å². The summed E-state index contributed by atoms with van der Waals surface area (Å²) in [6.07, 6.45) is 0. The maximum Gasteiger partial charge on any atom is 0.191 e. The number of benzene rings is 2. The van der Waals surface area contributed by atoms with Crippen molar-refractivity contribution in [1.29, 1.82) is 0 Å². The number of aromatic nitrogens is 4. The molecule has 2 aromatic heterocycles. The van der Waals surface area contributed by atoms with E-state index in [4.69, 9.17) is 0 Å². The van der Waals surface area contributed by atoms with Crippen molar-refractivity contribution in [2.75, 3.05) is 0 Å². The van der Waals surface area contributed by atoms with Gasteiger partial charge in [0.1, 0.15) is 0 Å². The molecule has 0 aliphatic rings. The molecule has 5 nitrogen and oxygen atoms in total. The molecule has 0 saturated heterocycles. The minimum atomic E-state index is -0.269. The second-order valence-corrected chi connectivity index (χ2v) is 7.83. The summed E-state index contributed by atoms with van der Waals surface area (Å²) in [7, 11) is 1.93. The number of nitrogens with zero attached hydrogens (tertiary/aromatic N) is 3. The number of hydrogen-bond acceptors (Lipinski definition) is 4. The summed E-state index contributed by atoms with van der Waals surface area (Å²) in [5.74, 6) is 0.889. The number of rotatable bonds is 5. The highest BCUT2D eigenvalue weighted by atomic mass is 32.2. The lowest BCUT2D eigenvalue weighted by Crippen LogP contribution is -2.15. The fourth-order valence-electron chi connectivity index (χ4n) is 3.27. The van der Waals surface area contributed by atoms with Crippen molar-refractivity contribution in [3.63, 3.8) is 0 Å². The van der Waals surface area contributed by atoms with Crippen molar-refractivity contribution >= 4 is 28.4 Å². The van der Waals surface area contributed by atoms with E-state index in [1.165, 1.54) is 11.8 Å². The van der Waals surface area contributed by atoms with Gasteiger partial charge in [-0.1, -0.05) is 60.3 Å². The number of aromatic amines is 1. The highest BCUT2D eigenvalue weighted by molar-refractivity contribution is 8.00. The molecule has 4 rings (SSSR count). The minimum Gasteiger partial charge on any atom is -0.358 e. The van der Waals surface area contributed by atoms with E-state index in [1.807, 2.05) is 80.1 Å². The van der Waals surface area contributed by atoms with Crippen LogP contribution in [0.3, 0.4) is 0 Å². The van der Waals surface area contributed by atoms with E-state index < -0.39 is 0 Å². The Balaban J connectivity index is 1.61. The third-order valence-electron chi connectivity index (χ3n) is 4.66. The Morgan fingerprint density at radius 2 is 1.78 bits per heavy atom. The van der Waals surface area contributed by atoms with Gasteiger partial charge in [-0.3, -0.25) is 4.79 Å². The number of aryl methyl sites for hydroxylation is 1. The summed E-state index contributed by atoms with van der Waals surface area (Å²) in [6, 6.07) is 17.8. The van der Waals surface area contributed by atoms with Crippen molar-refractivity contribution in [3.05, 3.63) is 65.9 Å². The van der Waals surface area contributed by atoms with Gasteiger partial charge in [-0.15, -0.1) is 10.2 Å². The molecule has 0 spiro atoms. The van der Waals surface area contributed by atoms with E-state index in [2.05, 4.69) is 15.2 Å². The standard InChI is InChI=1S/C21H20N4OS/c1-13-18(16-11-7-8-12-17(16)22-13)19(26)14(2)27-21-24-23-20(25(21)3)15-9-5-4-6-10-15/h4-12,14,22H,1-3H3/t14-/m0/s1. The maximum absolute atomic E-state index is 13.1. The monoisotopic (exact) mass is 376 g/mol. The largest absolute Gasteiger partial charge is 0.358 e. The number of H-pyrrole nitrogens is 1. The molecule has 0 unspecified atom stereocenters. The molecular formula is C21H20N4OS. The van der Waals surface area contributed by atoms with Crippen molar-refractivity contribution in [3.8, 4) is 11.4 Å². The summed E-state index contributed by atoms with van der Waals surface area (Å²) in [4.78, 5) is 16.4. The number of carbonyl (C=O) groups is 1. The summed E-state index contributed by atoms with van der Waals surface area (Å²) < 4.78 is 1.94. The summed E-state index contributed by atoms with van der Waals surface area (Å²) in [5, 5.41) is 10.0. The number of hydrogen-bond donors (Lipinski definition) is 1. The van der Waals surface area contributed by atoms with E-state index in [-0.39, 0.29) is 11.0 Å². The van der Waals surface area contributed by atoms with E-state index in [9.17, 15) is 4.79 Å². The van der Waals surface area contributed by atoms with E-state index in [0.29, 0.717) is 0 Å². The third-order valence-corrected chi connectivity index (χ3v) is 5.79. The molecule has 6 heteroatoms. The number of ketones is 1. The molecule has 0 amide bonds. The molecule has 0 radical (unpaired) electrons. The van der Waals surface area contributed by atoms with Crippen LogP contribution in [0, 0.1) is 6.92 Å². The zero-order valence-corrected chi connectivity index (χ0v) is 16.2. The highest BCUT2D eigenvalue weighted by Gasteiger charge is 2.24. The lowest BCUT2D eigenvalue weighted by atomic mass is 10.1. The zero-order valence-electron chi connectivity index (χ0n) is 15.4. The molecule has 136 valence electrons. The van der Waals surface area contributed by atoms with Crippen LogP contribution in [0.15, 0.2) is 59.8 Å². The minimum absolute atomic E-state index is 0.0965. The molecule has 2 aromatic carbocycles.